The van der Waals surface area contributed by atoms with Gasteiger partial charge in [-0.25, -0.2) is 0 Å². The molecule has 0 saturated heterocycles. The van der Waals surface area contributed by atoms with Crippen LogP contribution in [-0.4, -0.2) is 25.5 Å². The van der Waals surface area contributed by atoms with E-state index in [-0.39, 0.29) is 17.2 Å². The van der Waals surface area contributed by atoms with Gasteiger partial charge in [-0.2, -0.15) is 0 Å². The summed E-state index contributed by atoms with van der Waals surface area (Å²) in [5.74, 6) is 1.31. The maximum atomic E-state index is 11.5. The molecule has 0 aliphatic heterocycles. The lowest BCUT2D eigenvalue weighted by atomic mass is 9.91. The molecule has 0 saturated carbocycles. The minimum Gasteiger partial charge on any atom is -0.508 e. The summed E-state index contributed by atoms with van der Waals surface area (Å²) < 4.78 is 0. The normalized spacial score (nSPS) is 11.2. The molecule has 0 aromatic heterocycles. The van der Waals surface area contributed by atoms with E-state index in [0.717, 1.165) is 77.9 Å². The Morgan fingerprint density at radius 1 is 0.356 bits per heavy atom. The maximum Gasteiger partial charge on any atom is 0.122 e. The smallest absolute Gasteiger partial charge is 0.122 e. The van der Waals surface area contributed by atoms with E-state index in [0.29, 0.717) is 37.2 Å². The van der Waals surface area contributed by atoms with Crippen molar-refractivity contribution in [2.45, 2.75) is 67.2 Å². The van der Waals surface area contributed by atoms with Crippen molar-refractivity contribution in [1.29, 1.82) is 0 Å². The summed E-state index contributed by atoms with van der Waals surface area (Å²) >= 11 is 0. The fourth-order valence-electron chi connectivity index (χ4n) is 6.44. The molecule has 0 bridgehead atoms. The van der Waals surface area contributed by atoms with E-state index in [1.54, 1.807) is 6.07 Å². The number of phenols is 5. The lowest BCUT2D eigenvalue weighted by Crippen LogP contribution is -2.00. The molecular formula is C40H42O5. The van der Waals surface area contributed by atoms with E-state index < -0.39 is 0 Å². The van der Waals surface area contributed by atoms with Crippen LogP contribution in [0.2, 0.25) is 0 Å². The van der Waals surface area contributed by atoms with Crippen LogP contribution in [0.15, 0.2) is 66.7 Å². The van der Waals surface area contributed by atoms with E-state index in [4.69, 9.17) is 0 Å². The van der Waals surface area contributed by atoms with Crippen molar-refractivity contribution in [2.75, 3.05) is 0 Å². The first-order chi connectivity index (χ1) is 21.3. The molecule has 0 radical (unpaired) electrons. The van der Waals surface area contributed by atoms with E-state index in [1.165, 1.54) is 0 Å². The standard InChI is InChI=1S/C40H42O5/c1-22-9-33(17-28-7-8-36(41)32(16-28)18-29-11-23(2)37(42)24(3)12-29)40(45)34(10-22)20-31-15-27(6)39(44)35(21-31)19-30-13-25(4)38(43)26(5)14-30/h7-16,21,41-45H,17-20H2,1-6H3. The highest BCUT2D eigenvalue weighted by Crippen LogP contribution is 2.34. The molecule has 5 N–H and O–H groups in total. The van der Waals surface area contributed by atoms with Gasteiger partial charge in [0, 0.05) is 25.7 Å². The quantitative estimate of drug-likeness (QED) is 0.123. The van der Waals surface area contributed by atoms with Gasteiger partial charge in [0.15, 0.2) is 0 Å². The van der Waals surface area contributed by atoms with Gasteiger partial charge in [0.05, 0.1) is 0 Å². The maximum absolute atomic E-state index is 11.5. The van der Waals surface area contributed by atoms with Crippen molar-refractivity contribution in [1.82, 2.24) is 0 Å². The van der Waals surface area contributed by atoms with Gasteiger partial charge in [0.1, 0.15) is 28.7 Å². The highest BCUT2D eigenvalue weighted by molar-refractivity contribution is 5.53. The van der Waals surface area contributed by atoms with Gasteiger partial charge in [0.2, 0.25) is 0 Å². The molecule has 0 amide bonds. The molecule has 5 rings (SSSR count). The third-order valence-corrected chi connectivity index (χ3v) is 8.68. The Bertz CT molecular complexity index is 1870. The molecule has 0 aliphatic carbocycles. The van der Waals surface area contributed by atoms with Crippen LogP contribution in [-0.2, 0) is 25.7 Å². The number of phenolic OH excluding ortho intramolecular Hbond substituents is 5. The number of benzene rings is 5. The summed E-state index contributed by atoms with van der Waals surface area (Å²) in [6, 6.07) is 21.3. The topological polar surface area (TPSA) is 101 Å². The van der Waals surface area contributed by atoms with Crippen molar-refractivity contribution >= 4 is 0 Å². The molecule has 0 heterocycles. The van der Waals surface area contributed by atoms with Gasteiger partial charge in [-0.3, -0.25) is 0 Å². The van der Waals surface area contributed by atoms with Crippen LogP contribution >= 0.6 is 0 Å². The number of rotatable bonds is 8. The number of hydrogen-bond donors (Lipinski definition) is 5. The van der Waals surface area contributed by atoms with Crippen molar-refractivity contribution in [3.8, 4) is 28.7 Å². The van der Waals surface area contributed by atoms with Crippen molar-refractivity contribution in [3.05, 3.63) is 145 Å². The summed E-state index contributed by atoms with van der Waals surface area (Å²) in [5.41, 5.74) is 12.2. The number of aryl methyl sites for hydroxylation is 6. The molecule has 0 unspecified atom stereocenters. The average Bonchev–Trinajstić information content (AvgIpc) is 2.97. The zero-order valence-corrected chi connectivity index (χ0v) is 26.9. The monoisotopic (exact) mass is 602 g/mol. The minimum atomic E-state index is 0.215. The van der Waals surface area contributed by atoms with Crippen LogP contribution in [0.5, 0.6) is 28.7 Å². The number of aromatic hydroxyl groups is 5. The molecule has 0 aliphatic rings. The Balaban J connectivity index is 1.41. The number of hydrogen-bond acceptors (Lipinski definition) is 5. The average molecular weight is 603 g/mol. The Kier molecular flexibility index (Phi) is 8.83. The van der Waals surface area contributed by atoms with Crippen molar-refractivity contribution < 1.29 is 25.5 Å². The summed E-state index contributed by atoms with van der Waals surface area (Å²) in [7, 11) is 0. The predicted molar refractivity (Wildman–Crippen MR) is 180 cm³/mol. The first kappa shape index (κ1) is 31.5. The summed E-state index contributed by atoms with van der Waals surface area (Å²) in [6.45, 7) is 11.4. The van der Waals surface area contributed by atoms with Gasteiger partial charge < -0.3 is 25.5 Å². The zero-order valence-electron chi connectivity index (χ0n) is 26.9. The Morgan fingerprint density at radius 2 is 0.711 bits per heavy atom. The van der Waals surface area contributed by atoms with Gasteiger partial charge >= 0.3 is 0 Å². The van der Waals surface area contributed by atoms with E-state index in [1.807, 2.05) is 102 Å². The molecule has 0 fully saturated rings. The molecule has 5 heteroatoms. The van der Waals surface area contributed by atoms with Crippen LogP contribution in [0, 0.1) is 41.5 Å². The second kappa shape index (κ2) is 12.6. The summed E-state index contributed by atoms with van der Waals surface area (Å²) in [5, 5.41) is 53.3. The molecule has 5 aromatic rings. The lowest BCUT2D eigenvalue weighted by Gasteiger charge is -2.16. The van der Waals surface area contributed by atoms with Crippen LogP contribution in [0.3, 0.4) is 0 Å². The third-order valence-electron chi connectivity index (χ3n) is 8.68. The first-order valence-electron chi connectivity index (χ1n) is 15.3. The van der Waals surface area contributed by atoms with Gasteiger partial charge in [-0.05, 0) is 120 Å². The first-order valence-corrected chi connectivity index (χ1v) is 15.3. The predicted octanol–water partition coefficient (Wildman–Crippen LogP) is 8.43. The van der Waals surface area contributed by atoms with E-state index >= 15 is 0 Å². The second-order valence-corrected chi connectivity index (χ2v) is 12.7. The van der Waals surface area contributed by atoms with Crippen molar-refractivity contribution in [2.24, 2.45) is 0 Å². The molecule has 45 heavy (non-hydrogen) atoms. The fourth-order valence-corrected chi connectivity index (χ4v) is 6.44. The Morgan fingerprint density at radius 3 is 1.20 bits per heavy atom. The summed E-state index contributed by atoms with van der Waals surface area (Å²) in [4.78, 5) is 0. The Hall–Kier alpha value is -4.90. The molecule has 0 atom stereocenters. The minimum absolute atomic E-state index is 0.215. The van der Waals surface area contributed by atoms with Crippen LogP contribution in [0.4, 0.5) is 0 Å². The Labute approximate surface area is 265 Å². The summed E-state index contributed by atoms with van der Waals surface area (Å²) in [6.07, 6.45) is 2.06. The van der Waals surface area contributed by atoms with Crippen LogP contribution < -0.4 is 0 Å². The highest BCUT2D eigenvalue weighted by atomic mass is 16.3. The third kappa shape index (κ3) is 6.93. The lowest BCUT2D eigenvalue weighted by molar-refractivity contribution is 0.462. The van der Waals surface area contributed by atoms with Crippen molar-refractivity contribution in [3.63, 3.8) is 0 Å². The molecular weight excluding hydrogens is 560 g/mol. The van der Waals surface area contributed by atoms with E-state index in [2.05, 4.69) is 0 Å². The largest absolute Gasteiger partial charge is 0.508 e. The zero-order chi connectivity index (χ0) is 32.6. The molecule has 232 valence electrons. The van der Waals surface area contributed by atoms with Gasteiger partial charge in [-0.15, -0.1) is 0 Å². The highest BCUT2D eigenvalue weighted by Gasteiger charge is 2.15. The SMILES string of the molecule is Cc1cc(Cc2ccc(O)c(Cc3cc(C)c(O)c(C)c3)c2)c(O)c(Cc2cc(C)c(O)c(Cc3cc(C)c(O)c(C)c3)c2)c1. The van der Waals surface area contributed by atoms with Crippen LogP contribution in [0.25, 0.3) is 0 Å². The van der Waals surface area contributed by atoms with Gasteiger partial charge in [-0.1, -0.05) is 66.2 Å². The molecule has 5 aromatic carbocycles. The van der Waals surface area contributed by atoms with E-state index in [9.17, 15) is 25.5 Å². The van der Waals surface area contributed by atoms with Gasteiger partial charge in [0.25, 0.3) is 0 Å². The second-order valence-electron chi connectivity index (χ2n) is 12.7. The fraction of sp³-hybridized carbons (Fsp3) is 0.250. The molecule has 0 spiro atoms. The molecule has 5 nitrogen and oxygen atoms in total. The van der Waals surface area contributed by atoms with Crippen LogP contribution in [0.1, 0.15) is 77.9 Å².